The van der Waals surface area contributed by atoms with E-state index in [1.165, 1.54) is 37.9 Å². The van der Waals surface area contributed by atoms with Crippen LogP contribution in [0.3, 0.4) is 0 Å². The third kappa shape index (κ3) is 2.80. The monoisotopic (exact) mass is 273 g/mol. The molecular weight excluding hydrogens is 250 g/mol. The van der Waals surface area contributed by atoms with E-state index in [9.17, 15) is 4.79 Å². The molecule has 1 atom stereocenters. The number of hydrogen-bond donors (Lipinski definition) is 2. The Morgan fingerprint density at radius 2 is 1.85 bits per heavy atom. The van der Waals surface area contributed by atoms with Crippen LogP contribution in [0.1, 0.15) is 36.0 Å². The SMILES string of the molecule is NC(=O)c1ccc(N2CCC(C3CCCN3)CC2)cc1. The van der Waals surface area contributed by atoms with Crippen molar-refractivity contribution in [2.45, 2.75) is 31.7 Å². The number of piperidine rings is 1. The minimum Gasteiger partial charge on any atom is -0.372 e. The van der Waals surface area contributed by atoms with Crippen molar-refractivity contribution in [3.8, 4) is 0 Å². The number of carbonyl (C=O) groups excluding carboxylic acids is 1. The zero-order chi connectivity index (χ0) is 13.9. The first kappa shape index (κ1) is 13.4. The molecule has 1 aromatic rings. The van der Waals surface area contributed by atoms with Crippen molar-refractivity contribution in [1.29, 1.82) is 0 Å². The van der Waals surface area contributed by atoms with Crippen molar-refractivity contribution in [2.24, 2.45) is 11.7 Å². The van der Waals surface area contributed by atoms with Crippen molar-refractivity contribution in [3.05, 3.63) is 29.8 Å². The number of nitrogens with one attached hydrogen (secondary N) is 1. The van der Waals surface area contributed by atoms with Crippen LogP contribution in [-0.2, 0) is 0 Å². The zero-order valence-corrected chi connectivity index (χ0v) is 11.8. The molecule has 2 saturated heterocycles. The van der Waals surface area contributed by atoms with Gasteiger partial charge in [0.1, 0.15) is 0 Å². The highest BCUT2D eigenvalue weighted by atomic mass is 16.1. The van der Waals surface area contributed by atoms with Gasteiger partial charge in [-0.3, -0.25) is 4.79 Å². The van der Waals surface area contributed by atoms with Crippen LogP contribution in [-0.4, -0.2) is 31.6 Å². The molecule has 3 N–H and O–H groups in total. The predicted octanol–water partition coefficient (Wildman–Crippen LogP) is 1.75. The summed E-state index contributed by atoms with van der Waals surface area (Å²) in [5.74, 6) is 0.473. The molecule has 20 heavy (non-hydrogen) atoms. The minimum atomic E-state index is -0.359. The van der Waals surface area contributed by atoms with Gasteiger partial charge in [-0.25, -0.2) is 0 Å². The highest BCUT2D eigenvalue weighted by molar-refractivity contribution is 5.93. The number of hydrogen-bond acceptors (Lipinski definition) is 3. The first-order valence-corrected chi connectivity index (χ1v) is 7.62. The second-order valence-corrected chi connectivity index (χ2v) is 5.94. The lowest BCUT2D eigenvalue weighted by Gasteiger charge is -2.36. The third-order valence-electron chi connectivity index (χ3n) is 4.72. The van der Waals surface area contributed by atoms with Gasteiger partial charge in [0.05, 0.1) is 0 Å². The molecule has 2 aliphatic heterocycles. The molecule has 0 saturated carbocycles. The van der Waals surface area contributed by atoms with Crippen molar-refractivity contribution in [1.82, 2.24) is 5.32 Å². The molecule has 0 aliphatic carbocycles. The molecular formula is C16H23N3O. The minimum absolute atomic E-state index is 0.359. The standard InChI is InChI=1S/C16H23N3O/c17-16(20)13-3-5-14(6-4-13)19-10-7-12(8-11-19)15-2-1-9-18-15/h3-6,12,15,18H,1-2,7-11H2,(H2,17,20). The van der Waals surface area contributed by atoms with E-state index >= 15 is 0 Å². The lowest BCUT2D eigenvalue weighted by atomic mass is 9.88. The van der Waals surface area contributed by atoms with Gasteiger partial charge in [-0.05, 0) is 62.4 Å². The van der Waals surface area contributed by atoms with Crippen molar-refractivity contribution in [3.63, 3.8) is 0 Å². The molecule has 2 heterocycles. The fourth-order valence-corrected chi connectivity index (χ4v) is 3.51. The molecule has 2 aliphatic rings. The Morgan fingerprint density at radius 1 is 1.15 bits per heavy atom. The number of primary amides is 1. The average molecular weight is 273 g/mol. The van der Waals surface area contributed by atoms with E-state index in [-0.39, 0.29) is 5.91 Å². The highest BCUT2D eigenvalue weighted by Crippen LogP contribution is 2.28. The molecule has 0 spiro atoms. The Hall–Kier alpha value is -1.55. The molecule has 4 nitrogen and oxygen atoms in total. The maximum atomic E-state index is 11.1. The fraction of sp³-hybridized carbons (Fsp3) is 0.562. The number of rotatable bonds is 3. The van der Waals surface area contributed by atoms with Crippen LogP contribution < -0.4 is 16.0 Å². The normalized spacial score (nSPS) is 24.0. The molecule has 2 fully saturated rings. The van der Waals surface area contributed by atoms with Crippen LogP contribution in [0.15, 0.2) is 24.3 Å². The van der Waals surface area contributed by atoms with Crippen LogP contribution in [0.25, 0.3) is 0 Å². The van der Waals surface area contributed by atoms with E-state index in [4.69, 9.17) is 5.73 Å². The van der Waals surface area contributed by atoms with Crippen LogP contribution in [0.5, 0.6) is 0 Å². The zero-order valence-electron chi connectivity index (χ0n) is 11.8. The summed E-state index contributed by atoms with van der Waals surface area (Å²) in [5, 5.41) is 3.63. The van der Waals surface area contributed by atoms with Gasteiger partial charge in [-0.15, -0.1) is 0 Å². The van der Waals surface area contributed by atoms with E-state index in [1.54, 1.807) is 0 Å². The lowest BCUT2D eigenvalue weighted by molar-refractivity contribution is 0.100. The van der Waals surface area contributed by atoms with Crippen molar-refractivity contribution >= 4 is 11.6 Å². The lowest BCUT2D eigenvalue weighted by Crippen LogP contribution is -2.40. The molecule has 1 aromatic carbocycles. The van der Waals surface area contributed by atoms with Crippen LogP contribution in [0.2, 0.25) is 0 Å². The molecule has 1 amide bonds. The molecule has 1 unspecified atom stereocenters. The Morgan fingerprint density at radius 3 is 2.40 bits per heavy atom. The number of nitrogens with zero attached hydrogens (tertiary/aromatic N) is 1. The molecule has 4 heteroatoms. The summed E-state index contributed by atoms with van der Waals surface area (Å²) >= 11 is 0. The van der Waals surface area contributed by atoms with E-state index in [0.717, 1.165) is 25.0 Å². The van der Waals surface area contributed by atoms with E-state index in [1.807, 2.05) is 24.3 Å². The van der Waals surface area contributed by atoms with Gasteiger partial charge in [0.25, 0.3) is 0 Å². The molecule has 0 bridgehead atoms. The Kier molecular flexibility index (Phi) is 3.92. The van der Waals surface area contributed by atoms with Gasteiger partial charge < -0.3 is 16.0 Å². The van der Waals surface area contributed by atoms with Crippen LogP contribution in [0.4, 0.5) is 5.69 Å². The number of carbonyl (C=O) groups is 1. The van der Waals surface area contributed by atoms with Gasteiger partial charge in [0, 0.05) is 30.4 Å². The van der Waals surface area contributed by atoms with E-state index in [2.05, 4.69) is 10.2 Å². The van der Waals surface area contributed by atoms with Gasteiger partial charge in [0.2, 0.25) is 5.91 Å². The summed E-state index contributed by atoms with van der Waals surface area (Å²) in [6, 6.07) is 8.40. The van der Waals surface area contributed by atoms with Crippen molar-refractivity contribution < 1.29 is 4.79 Å². The smallest absolute Gasteiger partial charge is 0.248 e. The molecule has 3 rings (SSSR count). The van der Waals surface area contributed by atoms with E-state index in [0.29, 0.717) is 5.56 Å². The summed E-state index contributed by atoms with van der Waals surface area (Å²) in [6.07, 6.45) is 5.20. The van der Waals surface area contributed by atoms with Gasteiger partial charge >= 0.3 is 0 Å². The first-order valence-electron chi connectivity index (χ1n) is 7.62. The van der Waals surface area contributed by atoms with Gasteiger partial charge in [-0.2, -0.15) is 0 Å². The summed E-state index contributed by atoms with van der Waals surface area (Å²) < 4.78 is 0. The number of amides is 1. The fourth-order valence-electron chi connectivity index (χ4n) is 3.51. The molecule has 0 aromatic heterocycles. The van der Waals surface area contributed by atoms with Crippen LogP contribution >= 0.6 is 0 Å². The second-order valence-electron chi connectivity index (χ2n) is 5.94. The third-order valence-corrected chi connectivity index (χ3v) is 4.72. The van der Waals surface area contributed by atoms with Gasteiger partial charge in [0.15, 0.2) is 0 Å². The highest BCUT2D eigenvalue weighted by Gasteiger charge is 2.28. The first-order chi connectivity index (χ1) is 9.74. The Labute approximate surface area is 120 Å². The number of benzene rings is 1. The topological polar surface area (TPSA) is 58.4 Å². The Bertz CT molecular complexity index is 457. The van der Waals surface area contributed by atoms with E-state index < -0.39 is 0 Å². The summed E-state index contributed by atoms with van der Waals surface area (Å²) in [6.45, 7) is 3.41. The number of anilines is 1. The Balaban J connectivity index is 1.58. The average Bonchev–Trinajstić information content (AvgIpc) is 3.02. The molecule has 108 valence electrons. The largest absolute Gasteiger partial charge is 0.372 e. The quantitative estimate of drug-likeness (QED) is 0.882. The van der Waals surface area contributed by atoms with Crippen molar-refractivity contribution in [2.75, 3.05) is 24.5 Å². The second kappa shape index (κ2) is 5.83. The summed E-state index contributed by atoms with van der Waals surface area (Å²) in [4.78, 5) is 13.5. The molecule has 0 radical (unpaired) electrons. The maximum Gasteiger partial charge on any atom is 0.248 e. The summed E-state index contributed by atoms with van der Waals surface area (Å²) in [5.41, 5.74) is 7.05. The predicted molar refractivity (Wildman–Crippen MR) is 80.9 cm³/mol. The summed E-state index contributed by atoms with van der Waals surface area (Å²) in [7, 11) is 0. The maximum absolute atomic E-state index is 11.1. The number of nitrogens with two attached hydrogens (primary N) is 1. The van der Waals surface area contributed by atoms with Crippen LogP contribution in [0, 0.1) is 5.92 Å². The van der Waals surface area contributed by atoms with Gasteiger partial charge in [-0.1, -0.05) is 0 Å².